The Kier molecular flexibility index (Phi) is 4.29. The van der Waals surface area contributed by atoms with Crippen LogP contribution in [-0.2, 0) is 0 Å². The first-order valence-corrected chi connectivity index (χ1v) is 7.34. The molecule has 1 aromatic heterocycles. The van der Waals surface area contributed by atoms with Crippen molar-refractivity contribution in [2.45, 2.75) is 6.42 Å². The molecule has 0 aliphatic carbocycles. The van der Waals surface area contributed by atoms with E-state index in [9.17, 15) is 8.78 Å². The lowest BCUT2D eigenvalue weighted by Crippen LogP contribution is -2.29. The molecule has 2 heterocycles. The second-order valence-corrected chi connectivity index (χ2v) is 5.53. The summed E-state index contributed by atoms with van der Waals surface area (Å²) < 4.78 is 26.9. The summed E-state index contributed by atoms with van der Waals surface area (Å²) in [6, 6.07) is 3.49. The quantitative estimate of drug-likeness (QED) is 0.853. The van der Waals surface area contributed by atoms with Crippen LogP contribution in [0.2, 0.25) is 0 Å². The molecule has 0 N–H and O–H groups in total. The predicted octanol–water partition coefficient (Wildman–Crippen LogP) is 2.56. The van der Waals surface area contributed by atoms with Gasteiger partial charge in [0.2, 0.25) is 0 Å². The van der Waals surface area contributed by atoms with Crippen molar-refractivity contribution in [3.05, 3.63) is 42.2 Å². The number of halogens is 2. The van der Waals surface area contributed by atoms with E-state index >= 15 is 0 Å². The average Bonchev–Trinajstić information content (AvgIpc) is 2.72. The van der Waals surface area contributed by atoms with E-state index in [1.807, 2.05) is 0 Å². The summed E-state index contributed by atoms with van der Waals surface area (Å²) in [6.07, 6.45) is 4.24. The first kappa shape index (κ1) is 14.8. The highest BCUT2D eigenvalue weighted by Gasteiger charge is 2.15. The molecule has 1 aliphatic rings. The number of rotatable bonds is 2. The summed E-state index contributed by atoms with van der Waals surface area (Å²) in [4.78, 5) is 13.1. The fourth-order valence-corrected chi connectivity index (χ4v) is 2.61. The molecule has 0 unspecified atom stereocenters. The van der Waals surface area contributed by atoms with Crippen molar-refractivity contribution in [3.63, 3.8) is 0 Å². The van der Waals surface area contributed by atoms with Crippen molar-refractivity contribution in [2.24, 2.45) is 0 Å². The molecular weight excluding hydrogens is 286 g/mol. The molecular formula is C16H18F2N4. The molecule has 6 heteroatoms. The van der Waals surface area contributed by atoms with Crippen LogP contribution in [0, 0.1) is 11.6 Å². The highest BCUT2D eigenvalue weighted by molar-refractivity contribution is 5.60. The van der Waals surface area contributed by atoms with E-state index in [2.05, 4.69) is 26.8 Å². The standard InChI is InChI=1S/C16H18F2N4/c1-21-5-2-6-22(8-7-21)16-11-19-10-15(20-16)13-4-3-12(17)9-14(13)18/h3-4,9-11H,2,5-8H2,1H3. The number of nitrogens with zero attached hydrogens (tertiary/aromatic N) is 4. The van der Waals surface area contributed by atoms with Gasteiger partial charge >= 0.3 is 0 Å². The molecule has 4 nitrogen and oxygen atoms in total. The van der Waals surface area contributed by atoms with Gasteiger partial charge in [-0.05, 0) is 32.1 Å². The lowest BCUT2D eigenvalue weighted by atomic mass is 10.1. The molecule has 0 bridgehead atoms. The Labute approximate surface area is 128 Å². The van der Waals surface area contributed by atoms with Crippen LogP contribution in [0.3, 0.4) is 0 Å². The van der Waals surface area contributed by atoms with E-state index in [1.165, 1.54) is 18.3 Å². The molecule has 1 aromatic carbocycles. The Hall–Kier alpha value is -2.08. The third-order valence-corrected chi connectivity index (χ3v) is 3.87. The molecule has 116 valence electrons. The molecule has 22 heavy (non-hydrogen) atoms. The van der Waals surface area contributed by atoms with E-state index in [0.29, 0.717) is 5.69 Å². The van der Waals surface area contributed by atoms with Crippen LogP contribution < -0.4 is 4.90 Å². The van der Waals surface area contributed by atoms with Gasteiger partial charge in [-0.2, -0.15) is 0 Å². The highest BCUT2D eigenvalue weighted by Crippen LogP contribution is 2.23. The summed E-state index contributed by atoms with van der Waals surface area (Å²) in [5.74, 6) is -0.487. The molecule has 1 saturated heterocycles. The van der Waals surface area contributed by atoms with Gasteiger partial charge in [-0.15, -0.1) is 0 Å². The minimum atomic E-state index is -0.623. The number of likely N-dealkylation sites (N-methyl/N-ethyl adjacent to an activating group) is 1. The fraction of sp³-hybridized carbons (Fsp3) is 0.375. The van der Waals surface area contributed by atoms with E-state index in [1.54, 1.807) is 6.20 Å². The Balaban J connectivity index is 1.89. The van der Waals surface area contributed by atoms with Crippen molar-refractivity contribution < 1.29 is 8.78 Å². The minimum Gasteiger partial charge on any atom is -0.354 e. The maximum absolute atomic E-state index is 13.9. The summed E-state index contributed by atoms with van der Waals surface area (Å²) in [5.41, 5.74) is 0.690. The zero-order valence-electron chi connectivity index (χ0n) is 12.5. The predicted molar refractivity (Wildman–Crippen MR) is 81.7 cm³/mol. The van der Waals surface area contributed by atoms with Crippen LogP contribution in [0.4, 0.5) is 14.6 Å². The number of aromatic nitrogens is 2. The van der Waals surface area contributed by atoms with Crippen LogP contribution in [0.25, 0.3) is 11.3 Å². The van der Waals surface area contributed by atoms with Gasteiger partial charge in [-0.3, -0.25) is 4.98 Å². The topological polar surface area (TPSA) is 32.3 Å². The van der Waals surface area contributed by atoms with Crippen LogP contribution in [-0.4, -0.2) is 48.1 Å². The van der Waals surface area contributed by atoms with Gasteiger partial charge in [-0.1, -0.05) is 0 Å². The molecule has 2 aromatic rings. The van der Waals surface area contributed by atoms with E-state index in [0.717, 1.165) is 44.5 Å². The van der Waals surface area contributed by atoms with Crippen LogP contribution in [0.15, 0.2) is 30.6 Å². The molecule has 0 radical (unpaired) electrons. The van der Waals surface area contributed by atoms with Crippen LogP contribution in [0.1, 0.15) is 6.42 Å². The Morgan fingerprint density at radius 2 is 1.91 bits per heavy atom. The van der Waals surface area contributed by atoms with Gasteiger partial charge in [0.1, 0.15) is 17.5 Å². The molecule has 1 aliphatic heterocycles. The molecule has 0 spiro atoms. The van der Waals surface area contributed by atoms with Crippen LogP contribution >= 0.6 is 0 Å². The van der Waals surface area contributed by atoms with Gasteiger partial charge < -0.3 is 9.80 Å². The van der Waals surface area contributed by atoms with E-state index in [4.69, 9.17) is 0 Å². The number of hydrogen-bond acceptors (Lipinski definition) is 4. The lowest BCUT2D eigenvalue weighted by Gasteiger charge is -2.21. The van der Waals surface area contributed by atoms with Crippen molar-refractivity contribution in [3.8, 4) is 11.3 Å². The molecule has 0 atom stereocenters. The zero-order chi connectivity index (χ0) is 15.5. The van der Waals surface area contributed by atoms with Gasteiger partial charge in [0, 0.05) is 31.3 Å². The average molecular weight is 304 g/mol. The van der Waals surface area contributed by atoms with Gasteiger partial charge in [0.05, 0.1) is 18.1 Å². The zero-order valence-corrected chi connectivity index (χ0v) is 12.5. The lowest BCUT2D eigenvalue weighted by molar-refractivity contribution is 0.360. The summed E-state index contributed by atoms with van der Waals surface area (Å²) >= 11 is 0. The van der Waals surface area contributed by atoms with Crippen molar-refractivity contribution >= 4 is 5.82 Å². The minimum absolute atomic E-state index is 0.266. The Morgan fingerprint density at radius 3 is 2.73 bits per heavy atom. The van der Waals surface area contributed by atoms with Crippen molar-refractivity contribution in [1.82, 2.24) is 14.9 Å². The maximum Gasteiger partial charge on any atom is 0.147 e. The Morgan fingerprint density at radius 1 is 1.05 bits per heavy atom. The largest absolute Gasteiger partial charge is 0.354 e. The normalized spacial score (nSPS) is 16.6. The number of benzene rings is 1. The van der Waals surface area contributed by atoms with Crippen LogP contribution in [0.5, 0.6) is 0 Å². The van der Waals surface area contributed by atoms with Crippen molar-refractivity contribution in [1.29, 1.82) is 0 Å². The summed E-state index contributed by atoms with van der Waals surface area (Å²) in [5, 5.41) is 0. The van der Waals surface area contributed by atoms with Gasteiger partial charge in [-0.25, -0.2) is 13.8 Å². The molecule has 3 rings (SSSR count). The van der Waals surface area contributed by atoms with E-state index < -0.39 is 11.6 Å². The molecule has 0 amide bonds. The third kappa shape index (κ3) is 3.22. The second kappa shape index (κ2) is 6.36. The Bertz CT molecular complexity index is 662. The monoisotopic (exact) mass is 304 g/mol. The maximum atomic E-state index is 13.9. The number of anilines is 1. The smallest absolute Gasteiger partial charge is 0.147 e. The van der Waals surface area contributed by atoms with Gasteiger partial charge in [0.15, 0.2) is 0 Å². The summed E-state index contributed by atoms with van der Waals surface area (Å²) in [7, 11) is 2.10. The SMILES string of the molecule is CN1CCCN(c2cncc(-c3ccc(F)cc3F)n2)CC1. The molecule has 0 saturated carbocycles. The van der Waals surface area contributed by atoms with Gasteiger partial charge in [0.25, 0.3) is 0 Å². The fourth-order valence-electron chi connectivity index (χ4n) is 2.61. The third-order valence-electron chi connectivity index (χ3n) is 3.87. The molecule has 1 fully saturated rings. The number of hydrogen-bond donors (Lipinski definition) is 0. The van der Waals surface area contributed by atoms with Crippen molar-refractivity contribution in [2.75, 3.05) is 38.1 Å². The first-order chi connectivity index (χ1) is 10.6. The second-order valence-electron chi connectivity index (χ2n) is 5.53. The summed E-state index contributed by atoms with van der Waals surface area (Å²) in [6.45, 7) is 3.77. The highest BCUT2D eigenvalue weighted by atomic mass is 19.1. The first-order valence-electron chi connectivity index (χ1n) is 7.34. The van der Waals surface area contributed by atoms with E-state index in [-0.39, 0.29) is 5.56 Å².